The molecule has 0 aliphatic heterocycles. The number of nitrogens with zero attached hydrogens (tertiary/aromatic N) is 1. The van der Waals surface area contributed by atoms with Crippen molar-refractivity contribution in [2.75, 3.05) is 18.0 Å². The van der Waals surface area contributed by atoms with Crippen LogP contribution in [-0.2, 0) is 0 Å². The van der Waals surface area contributed by atoms with Crippen LogP contribution < -0.4 is 4.90 Å². The van der Waals surface area contributed by atoms with Gasteiger partial charge in [0.15, 0.2) is 0 Å². The summed E-state index contributed by atoms with van der Waals surface area (Å²) in [7, 11) is 0. The van der Waals surface area contributed by atoms with Gasteiger partial charge in [0.05, 0.1) is 0 Å². The lowest BCUT2D eigenvalue weighted by Crippen LogP contribution is -2.29. The van der Waals surface area contributed by atoms with Crippen LogP contribution in [0.25, 0.3) is 16.3 Å². The third kappa shape index (κ3) is 3.89. The molecule has 1 heteroatoms. The summed E-state index contributed by atoms with van der Waals surface area (Å²) < 4.78 is 0. The average molecular weight is 368 g/mol. The van der Waals surface area contributed by atoms with Crippen molar-refractivity contribution in [3.05, 3.63) is 95.6 Å². The van der Waals surface area contributed by atoms with Crippen molar-refractivity contribution in [2.24, 2.45) is 5.92 Å². The van der Waals surface area contributed by atoms with Gasteiger partial charge in [0, 0.05) is 18.8 Å². The van der Waals surface area contributed by atoms with Gasteiger partial charge in [0.25, 0.3) is 0 Å². The summed E-state index contributed by atoms with van der Waals surface area (Å²) in [6.45, 7) is 8.71. The monoisotopic (exact) mass is 367 g/mol. The molecule has 3 aromatic carbocycles. The van der Waals surface area contributed by atoms with E-state index in [1.165, 1.54) is 38.7 Å². The number of rotatable bonds is 5. The van der Waals surface area contributed by atoms with Crippen molar-refractivity contribution in [1.29, 1.82) is 0 Å². The summed E-state index contributed by atoms with van der Waals surface area (Å²) in [6, 6.07) is 22.2. The second-order valence-electron chi connectivity index (χ2n) is 7.93. The summed E-state index contributed by atoms with van der Waals surface area (Å²) >= 11 is 0. The average Bonchev–Trinajstić information content (AvgIpc) is 2.71. The lowest BCUT2D eigenvalue weighted by Gasteiger charge is -2.29. The SMILES string of the molecule is CCN(CC1C=C(c2cccc3ccccc23)C=CC1)c1cc(C)cc(C)c1. The van der Waals surface area contributed by atoms with Crippen LogP contribution in [0.15, 0.2) is 78.9 Å². The Morgan fingerprint density at radius 3 is 2.46 bits per heavy atom. The highest BCUT2D eigenvalue weighted by molar-refractivity contribution is 5.96. The van der Waals surface area contributed by atoms with E-state index in [0.29, 0.717) is 5.92 Å². The minimum atomic E-state index is 0.528. The molecule has 0 radical (unpaired) electrons. The first kappa shape index (κ1) is 18.6. The van der Waals surface area contributed by atoms with E-state index >= 15 is 0 Å². The molecule has 3 aromatic rings. The van der Waals surface area contributed by atoms with Gasteiger partial charge in [0.1, 0.15) is 0 Å². The molecule has 142 valence electrons. The highest BCUT2D eigenvalue weighted by Gasteiger charge is 2.16. The molecular formula is C27H29N. The molecule has 1 nitrogen and oxygen atoms in total. The lowest BCUT2D eigenvalue weighted by atomic mass is 9.89. The van der Waals surface area contributed by atoms with Gasteiger partial charge < -0.3 is 4.90 Å². The molecule has 0 spiro atoms. The van der Waals surface area contributed by atoms with Crippen LogP contribution in [0.1, 0.15) is 30.0 Å². The van der Waals surface area contributed by atoms with E-state index in [-0.39, 0.29) is 0 Å². The van der Waals surface area contributed by atoms with Gasteiger partial charge in [0.2, 0.25) is 0 Å². The second-order valence-corrected chi connectivity index (χ2v) is 7.93. The third-order valence-corrected chi connectivity index (χ3v) is 5.66. The highest BCUT2D eigenvalue weighted by Crippen LogP contribution is 2.31. The van der Waals surface area contributed by atoms with E-state index < -0.39 is 0 Å². The molecule has 0 aromatic heterocycles. The number of benzene rings is 3. The molecule has 0 amide bonds. The maximum atomic E-state index is 2.51. The summed E-state index contributed by atoms with van der Waals surface area (Å²) in [4.78, 5) is 2.51. The summed E-state index contributed by atoms with van der Waals surface area (Å²) in [6.07, 6.45) is 8.23. The predicted molar refractivity (Wildman–Crippen MR) is 123 cm³/mol. The molecule has 28 heavy (non-hydrogen) atoms. The molecule has 0 saturated carbocycles. The molecule has 0 fully saturated rings. The molecular weight excluding hydrogens is 338 g/mol. The minimum absolute atomic E-state index is 0.528. The van der Waals surface area contributed by atoms with Crippen molar-refractivity contribution in [3.63, 3.8) is 0 Å². The van der Waals surface area contributed by atoms with Crippen molar-refractivity contribution in [1.82, 2.24) is 0 Å². The number of hydrogen-bond acceptors (Lipinski definition) is 1. The van der Waals surface area contributed by atoms with Crippen LogP contribution in [0.2, 0.25) is 0 Å². The Morgan fingerprint density at radius 1 is 0.929 bits per heavy atom. The number of fused-ring (bicyclic) bond motifs is 1. The van der Waals surface area contributed by atoms with Gasteiger partial charge in [-0.15, -0.1) is 0 Å². The summed E-state index contributed by atoms with van der Waals surface area (Å²) in [5.74, 6) is 0.528. The van der Waals surface area contributed by atoms with Crippen molar-refractivity contribution >= 4 is 22.0 Å². The fourth-order valence-electron chi connectivity index (χ4n) is 4.36. The Hall–Kier alpha value is -2.80. The standard InChI is InChI=1S/C27H29N/c1-4-28(25-16-20(2)15-21(3)17-25)19-22-9-7-12-24(18-22)27-14-8-11-23-10-5-6-13-26(23)27/h5-8,10-18,22H,4,9,19H2,1-3H3. The van der Waals surface area contributed by atoms with Crippen LogP contribution in [0.4, 0.5) is 5.69 Å². The molecule has 4 rings (SSSR count). The second kappa shape index (κ2) is 8.06. The van der Waals surface area contributed by atoms with Gasteiger partial charge in [-0.05, 0) is 78.3 Å². The lowest BCUT2D eigenvalue weighted by molar-refractivity contribution is 0.626. The van der Waals surface area contributed by atoms with Crippen molar-refractivity contribution in [3.8, 4) is 0 Å². The van der Waals surface area contributed by atoms with Crippen molar-refractivity contribution < 1.29 is 0 Å². The first-order chi connectivity index (χ1) is 13.6. The predicted octanol–water partition coefficient (Wildman–Crippen LogP) is 6.94. The van der Waals surface area contributed by atoms with E-state index in [4.69, 9.17) is 0 Å². The molecule has 1 atom stereocenters. The number of hydrogen-bond donors (Lipinski definition) is 0. The maximum Gasteiger partial charge on any atom is 0.0371 e. The Bertz CT molecular complexity index is 1020. The molecule has 0 saturated heterocycles. The van der Waals surface area contributed by atoms with E-state index in [2.05, 4.69) is 105 Å². The Labute approximate surface area is 169 Å². The Morgan fingerprint density at radius 2 is 1.68 bits per heavy atom. The molecule has 0 heterocycles. The zero-order chi connectivity index (χ0) is 19.5. The van der Waals surface area contributed by atoms with E-state index in [0.717, 1.165) is 19.5 Å². The normalized spacial score (nSPS) is 16.2. The van der Waals surface area contributed by atoms with Crippen LogP contribution >= 0.6 is 0 Å². The van der Waals surface area contributed by atoms with Crippen LogP contribution in [0, 0.1) is 19.8 Å². The van der Waals surface area contributed by atoms with E-state index in [1.54, 1.807) is 0 Å². The fourth-order valence-corrected chi connectivity index (χ4v) is 4.36. The number of aryl methyl sites for hydroxylation is 2. The minimum Gasteiger partial charge on any atom is -0.371 e. The largest absolute Gasteiger partial charge is 0.371 e. The topological polar surface area (TPSA) is 3.24 Å². The molecule has 0 N–H and O–H groups in total. The molecule has 0 bridgehead atoms. The van der Waals surface area contributed by atoms with Crippen molar-refractivity contribution in [2.45, 2.75) is 27.2 Å². The van der Waals surface area contributed by atoms with Gasteiger partial charge >= 0.3 is 0 Å². The first-order valence-electron chi connectivity index (χ1n) is 10.3. The van der Waals surface area contributed by atoms with Crippen LogP contribution in [0.3, 0.4) is 0 Å². The zero-order valence-corrected chi connectivity index (χ0v) is 17.2. The summed E-state index contributed by atoms with van der Waals surface area (Å²) in [5.41, 5.74) is 6.71. The van der Waals surface area contributed by atoms with E-state index in [9.17, 15) is 0 Å². The molecule has 1 unspecified atom stereocenters. The van der Waals surface area contributed by atoms with Gasteiger partial charge in [-0.1, -0.05) is 66.8 Å². The number of allylic oxidation sites excluding steroid dienone is 3. The van der Waals surface area contributed by atoms with Gasteiger partial charge in [-0.2, -0.15) is 0 Å². The van der Waals surface area contributed by atoms with Crippen LogP contribution in [-0.4, -0.2) is 13.1 Å². The zero-order valence-electron chi connectivity index (χ0n) is 17.2. The van der Waals surface area contributed by atoms with E-state index in [1.807, 2.05) is 0 Å². The molecule has 1 aliphatic rings. The Kier molecular flexibility index (Phi) is 5.34. The fraction of sp³-hybridized carbons (Fsp3) is 0.259. The summed E-state index contributed by atoms with van der Waals surface area (Å²) in [5, 5.41) is 2.64. The Balaban J connectivity index is 1.62. The highest BCUT2D eigenvalue weighted by atomic mass is 15.1. The molecule has 1 aliphatic carbocycles. The quantitative estimate of drug-likeness (QED) is 0.472. The van der Waals surface area contributed by atoms with Gasteiger partial charge in [-0.3, -0.25) is 0 Å². The third-order valence-electron chi connectivity index (χ3n) is 5.66. The number of anilines is 1. The first-order valence-corrected chi connectivity index (χ1v) is 10.3. The van der Waals surface area contributed by atoms with Crippen LogP contribution in [0.5, 0.6) is 0 Å². The maximum absolute atomic E-state index is 2.51. The van der Waals surface area contributed by atoms with Gasteiger partial charge in [-0.25, -0.2) is 0 Å². The smallest absolute Gasteiger partial charge is 0.0371 e.